The van der Waals surface area contributed by atoms with E-state index in [2.05, 4.69) is 46.7 Å². The Labute approximate surface area is 184 Å². The molecule has 1 fully saturated rings. The molecule has 0 spiro atoms. The lowest BCUT2D eigenvalue weighted by atomic mass is 10.1. The molecule has 2 aromatic carbocycles. The Bertz CT molecular complexity index is 877. The Kier molecular flexibility index (Phi) is 7.69. The molecule has 5 nitrogen and oxygen atoms in total. The molecule has 0 aromatic heterocycles. The largest absolute Gasteiger partial charge is 0.462 e. The third kappa shape index (κ3) is 5.51. The van der Waals surface area contributed by atoms with Gasteiger partial charge in [0.2, 0.25) is 0 Å². The zero-order chi connectivity index (χ0) is 21.5. The van der Waals surface area contributed by atoms with Crippen LogP contribution in [0.1, 0.15) is 60.6 Å². The van der Waals surface area contributed by atoms with Crippen LogP contribution in [0, 0.1) is 6.92 Å². The summed E-state index contributed by atoms with van der Waals surface area (Å²) in [5.74, 6) is -0.320. The number of benzene rings is 2. The number of ether oxygens (including phenoxy) is 1. The van der Waals surface area contributed by atoms with Crippen LogP contribution in [0.2, 0.25) is 0 Å². The zero-order valence-corrected chi connectivity index (χ0v) is 18.8. The van der Waals surface area contributed by atoms with Crippen LogP contribution in [0.3, 0.4) is 0 Å². The fraction of sp³-hybridized carbons (Fsp3) is 0.417. The van der Waals surface area contributed by atoms with E-state index in [9.17, 15) is 4.79 Å². The number of hydrogen-bond donors (Lipinski definition) is 2. The Balaban J connectivity index is 1.61. The molecule has 160 valence electrons. The van der Waals surface area contributed by atoms with Crippen molar-refractivity contribution in [2.45, 2.75) is 46.1 Å². The van der Waals surface area contributed by atoms with Gasteiger partial charge in [0.25, 0.3) is 0 Å². The summed E-state index contributed by atoms with van der Waals surface area (Å²) >= 11 is 5.51. The second-order valence-electron chi connectivity index (χ2n) is 7.66. The molecular formula is C24H31N3O2S. The van der Waals surface area contributed by atoms with Gasteiger partial charge in [0.05, 0.1) is 18.2 Å². The highest BCUT2D eigenvalue weighted by atomic mass is 32.1. The summed E-state index contributed by atoms with van der Waals surface area (Å²) < 4.78 is 5.13. The van der Waals surface area contributed by atoms with E-state index in [1.54, 1.807) is 13.0 Å². The maximum atomic E-state index is 12.1. The van der Waals surface area contributed by atoms with Crippen molar-refractivity contribution in [2.24, 2.45) is 0 Å². The Morgan fingerprint density at radius 3 is 2.50 bits per heavy atom. The minimum atomic E-state index is -0.320. The van der Waals surface area contributed by atoms with E-state index in [-0.39, 0.29) is 12.0 Å². The minimum absolute atomic E-state index is 0.0638. The summed E-state index contributed by atoms with van der Waals surface area (Å²) in [5.41, 5.74) is 4.63. The van der Waals surface area contributed by atoms with Crippen LogP contribution < -0.4 is 15.5 Å². The van der Waals surface area contributed by atoms with Crippen molar-refractivity contribution in [3.8, 4) is 0 Å². The number of nitrogens with zero attached hydrogens (tertiary/aromatic N) is 1. The first-order chi connectivity index (χ1) is 14.5. The molecule has 0 saturated carbocycles. The van der Waals surface area contributed by atoms with E-state index >= 15 is 0 Å². The van der Waals surface area contributed by atoms with Crippen molar-refractivity contribution in [1.29, 1.82) is 0 Å². The van der Waals surface area contributed by atoms with Crippen LogP contribution in [0.5, 0.6) is 0 Å². The fourth-order valence-corrected chi connectivity index (χ4v) is 4.05. The van der Waals surface area contributed by atoms with E-state index in [1.807, 2.05) is 19.1 Å². The van der Waals surface area contributed by atoms with Gasteiger partial charge in [-0.25, -0.2) is 4.79 Å². The van der Waals surface area contributed by atoms with Gasteiger partial charge in [0, 0.05) is 24.5 Å². The molecule has 1 saturated heterocycles. The molecule has 0 unspecified atom stereocenters. The molecule has 1 atom stereocenters. The number of thiocarbonyl (C=S) groups is 1. The quantitative estimate of drug-likeness (QED) is 0.489. The second-order valence-corrected chi connectivity index (χ2v) is 8.07. The predicted molar refractivity (Wildman–Crippen MR) is 127 cm³/mol. The average molecular weight is 426 g/mol. The number of piperidine rings is 1. The summed E-state index contributed by atoms with van der Waals surface area (Å²) in [6.45, 7) is 8.42. The molecule has 0 amide bonds. The average Bonchev–Trinajstić information content (AvgIpc) is 2.76. The third-order valence-electron chi connectivity index (χ3n) is 5.54. The van der Waals surface area contributed by atoms with E-state index in [4.69, 9.17) is 17.0 Å². The van der Waals surface area contributed by atoms with Gasteiger partial charge in [-0.2, -0.15) is 0 Å². The van der Waals surface area contributed by atoms with E-state index in [0.717, 1.165) is 24.3 Å². The number of anilines is 2. The summed E-state index contributed by atoms with van der Waals surface area (Å²) in [6.07, 6.45) is 3.88. The molecule has 6 heteroatoms. The lowest BCUT2D eigenvalue weighted by molar-refractivity contribution is 0.0525. The highest BCUT2D eigenvalue weighted by Crippen LogP contribution is 2.23. The summed E-state index contributed by atoms with van der Waals surface area (Å²) in [5, 5.41) is 7.07. The maximum absolute atomic E-state index is 12.1. The van der Waals surface area contributed by atoms with Gasteiger partial charge >= 0.3 is 5.97 Å². The molecule has 30 heavy (non-hydrogen) atoms. The molecule has 2 aromatic rings. The molecule has 0 radical (unpaired) electrons. The van der Waals surface area contributed by atoms with Crippen LogP contribution in [0.25, 0.3) is 0 Å². The van der Waals surface area contributed by atoms with Crippen molar-refractivity contribution < 1.29 is 9.53 Å². The van der Waals surface area contributed by atoms with Gasteiger partial charge in [-0.15, -0.1) is 0 Å². The molecule has 0 bridgehead atoms. The predicted octanol–water partition coefficient (Wildman–Crippen LogP) is 5.21. The highest BCUT2D eigenvalue weighted by Gasteiger charge is 2.15. The second kappa shape index (κ2) is 10.4. The number of carbonyl (C=O) groups excluding carboxylic acids is 1. The maximum Gasteiger partial charge on any atom is 0.338 e. The van der Waals surface area contributed by atoms with Crippen molar-refractivity contribution in [1.82, 2.24) is 5.32 Å². The van der Waals surface area contributed by atoms with E-state index < -0.39 is 0 Å². The summed E-state index contributed by atoms with van der Waals surface area (Å²) in [4.78, 5) is 14.6. The van der Waals surface area contributed by atoms with Gasteiger partial charge in [0.15, 0.2) is 5.11 Å². The summed E-state index contributed by atoms with van der Waals surface area (Å²) in [7, 11) is 0. The zero-order valence-electron chi connectivity index (χ0n) is 18.0. The standard InChI is InChI=1S/C24H31N3O2S/c1-4-29-23(28)21-9-8-10-22(17(21)2)26-24(30)25-18(3)19-11-13-20(14-12-19)27-15-6-5-7-16-27/h8-14,18H,4-7,15-16H2,1-3H3,(H2,25,26,30)/t18-/m1/s1. The number of hydrogen-bond acceptors (Lipinski definition) is 4. The van der Waals surface area contributed by atoms with Gasteiger partial charge in [0.1, 0.15) is 0 Å². The monoisotopic (exact) mass is 425 g/mol. The highest BCUT2D eigenvalue weighted by molar-refractivity contribution is 7.80. The van der Waals surface area contributed by atoms with Crippen LogP contribution in [0.4, 0.5) is 11.4 Å². The van der Waals surface area contributed by atoms with Crippen LogP contribution >= 0.6 is 12.2 Å². The normalized spacial score (nSPS) is 14.7. The topological polar surface area (TPSA) is 53.6 Å². The lowest BCUT2D eigenvalue weighted by Crippen LogP contribution is -2.31. The first kappa shape index (κ1) is 22.1. The number of nitrogens with one attached hydrogen (secondary N) is 2. The SMILES string of the molecule is CCOC(=O)c1cccc(NC(=S)N[C@H](C)c2ccc(N3CCCCC3)cc2)c1C. The van der Waals surface area contributed by atoms with Gasteiger partial charge in [-0.3, -0.25) is 0 Å². The first-order valence-electron chi connectivity index (χ1n) is 10.7. The minimum Gasteiger partial charge on any atom is -0.462 e. The number of rotatable bonds is 6. The molecule has 1 heterocycles. The molecule has 3 rings (SSSR count). The van der Waals surface area contributed by atoms with Crippen molar-refractivity contribution in [3.05, 3.63) is 59.2 Å². The van der Waals surface area contributed by atoms with Crippen LogP contribution in [-0.4, -0.2) is 30.8 Å². The van der Waals surface area contributed by atoms with Gasteiger partial charge < -0.3 is 20.3 Å². The summed E-state index contributed by atoms with van der Waals surface area (Å²) in [6, 6.07) is 14.3. The van der Waals surface area contributed by atoms with Crippen molar-refractivity contribution in [2.75, 3.05) is 29.9 Å². The van der Waals surface area contributed by atoms with E-state index in [0.29, 0.717) is 17.3 Å². The lowest BCUT2D eigenvalue weighted by Gasteiger charge is -2.29. The van der Waals surface area contributed by atoms with Crippen molar-refractivity contribution in [3.63, 3.8) is 0 Å². The van der Waals surface area contributed by atoms with Gasteiger partial charge in [-0.05, 0) is 87.6 Å². The third-order valence-corrected chi connectivity index (χ3v) is 5.76. The van der Waals surface area contributed by atoms with Crippen molar-refractivity contribution >= 4 is 34.7 Å². The van der Waals surface area contributed by atoms with Gasteiger partial charge in [-0.1, -0.05) is 18.2 Å². The number of esters is 1. The fourth-order valence-electron chi connectivity index (χ4n) is 3.77. The molecule has 0 aliphatic carbocycles. The Morgan fingerprint density at radius 1 is 1.13 bits per heavy atom. The molecular weight excluding hydrogens is 394 g/mol. The van der Waals surface area contributed by atoms with Crippen LogP contribution in [0.15, 0.2) is 42.5 Å². The smallest absolute Gasteiger partial charge is 0.338 e. The molecule has 1 aliphatic heterocycles. The Morgan fingerprint density at radius 2 is 1.83 bits per heavy atom. The van der Waals surface area contributed by atoms with E-state index in [1.165, 1.54) is 30.5 Å². The number of carbonyl (C=O) groups is 1. The first-order valence-corrected chi connectivity index (χ1v) is 11.1. The van der Waals surface area contributed by atoms with Crippen LogP contribution in [-0.2, 0) is 4.74 Å². The molecule has 2 N–H and O–H groups in total. The molecule has 1 aliphatic rings. The Hall–Kier alpha value is -2.60.